The minimum absolute atomic E-state index is 0.187. The van der Waals surface area contributed by atoms with Crippen LogP contribution in [0.15, 0.2) is 67.0 Å². The molecule has 5 N–H and O–H groups in total. The van der Waals surface area contributed by atoms with Gasteiger partial charge in [0.05, 0.1) is 6.42 Å². The predicted molar refractivity (Wildman–Crippen MR) is 102 cm³/mol. The van der Waals surface area contributed by atoms with E-state index in [1.54, 1.807) is 0 Å². The van der Waals surface area contributed by atoms with Crippen molar-refractivity contribution in [1.29, 1.82) is 0 Å². The number of nitrogens with zero attached hydrogens (tertiary/aromatic N) is 2. The van der Waals surface area contributed by atoms with Crippen molar-refractivity contribution in [2.24, 2.45) is 0 Å². The topological polar surface area (TPSA) is 105 Å². The zero-order valence-electron chi connectivity index (χ0n) is 14.1. The van der Waals surface area contributed by atoms with Crippen LogP contribution in [-0.2, 0) is 17.8 Å². The lowest BCUT2D eigenvalue weighted by Gasteiger charge is -2.13. The highest BCUT2D eigenvalue weighted by Crippen LogP contribution is 2.22. The molecule has 0 radical (unpaired) electrons. The van der Waals surface area contributed by atoms with Gasteiger partial charge in [-0.2, -0.15) is 0 Å². The summed E-state index contributed by atoms with van der Waals surface area (Å²) >= 11 is 0. The van der Waals surface area contributed by atoms with Crippen LogP contribution >= 0.6 is 0 Å². The Hall–Kier alpha value is -3.61. The maximum atomic E-state index is 12.0. The largest absolute Gasteiger partial charge is 0.393 e. The van der Waals surface area contributed by atoms with E-state index in [0.717, 1.165) is 11.1 Å². The van der Waals surface area contributed by atoms with Crippen LogP contribution in [0.5, 0.6) is 0 Å². The van der Waals surface area contributed by atoms with Crippen LogP contribution in [0.25, 0.3) is 0 Å². The fraction of sp³-hybridized carbons (Fsp3) is 0.105. The Labute approximate surface area is 151 Å². The van der Waals surface area contributed by atoms with E-state index in [4.69, 9.17) is 5.73 Å². The van der Waals surface area contributed by atoms with Crippen LogP contribution in [0.4, 0.5) is 17.3 Å². The Bertz CT molecular complexity index is 854. The third kappa shape index (κ3) is 4.70. The fourth-order valence-electron chi connectivity index (χ4n) is 2.37. The molecule has 0 unspecified atom stereocenters. The fourth-order valence-corrected chi connectivity index (χ4v) is 2.37. The summed E-state index contributed by atoms with van der Waals surface area (Å²) in [6.45, 7) is 0.585. The van der Waals surface area contributed by atoms with E-state index in [0.29, 0.717) is 23.9 Å². The minimum atomic E-state index is -0.187. The number of nitrogens with one attached hydrogen (secondary N) is 3. The molecule has 0 bridgehead atoms. The standard InChI is InChI=1S/C19H20N6O/c20-17-18(21-12-15-9-5-2-6-10-15)22-13-23-19(17)25-24-16(26)11-14-7-3-1-4-8-14/h1-10,13H,11-12,20H2,(H,24,26)(H2,21,22,23,25). The van der Waals surface area contributed by atoms with Crippen molar-refractivity contribution in [3.8, 4) is 0 Å². The van der Waals surface area contributed by atoms with Crippen LogP contribution < -0.4 is 21.9 Å². The molecule has 26 heavy (non-hydrogen) atoms. The van der Waals surface area contributed by atoms with E-state index in [1.807, 2.05) is 60.7 Å². The number of rotatable bonds is 7. The van der Waals surface area contributed by atoms with Gasteiger partial charge in [-0.05, 0) is 11.1 Å². The number of amides is 1. The zero-order valence-corrected chi connectivity index (χ0v) is 14.1. The Morgan fingerprint density at radius 2 is 1.50 bits per heavy atom. The van der Waals surface area contributed by atoms with E-state index in [-0.39, 0.29) is 12.3 Å². The van der Waals surface area contributed by atoms with Gasteiger partial charge < -0.3 is 11.1 Å². The molecule has 0 fully saturated rings. The second-order valence-corrected chi connectivity index (χ2v) is 5.66. The summed E-state index contributed by atoms with van der Waals surface area (Å²) in [6.07, 6.45) is 1.65. The maximum absolute atomic E-state index is 12.0. The van der Waals surface area contributed by atoms with Gasteiger partial charge in [0.25, 0.3) is 0 Å². The lowest BCUT2D eigenvalue weighted by atomic mass is 10.1. The van der Waals surface area contributed by atoms with Crippen LogP contribution in [-0.4, -0.2) is 15.9 Å². The Balaban J connectivity index is 1.57. The second kappa shape index (κ2) is 8.48. The van der Waals surface area contributed by atoms with Crippen LogP contribution in [0.1, 0.15) is 11.1 Å². The van der Waals surface area contributed by atoms with Gasteiger partial charge in [0.1, 0.15) is 12.0 Å². The Morgan fingerprint density at radius 3 is 2.19 bits per heavy atom. The van der Waals surface area contributed by atoms with Gasteiger partial charge in [-0.15, -0.1) is 0 Å². The highest BCUT2D eigenvalue weighted by Gasteiger charge is 2.09. The molecule has 1 heterocycles. The van der Waals surface area contributed by atoms with E-state index in [1.165, 1.54) is 6.33 Å². The summed E-state index contributed by atoms with van der Waals surface area (Å²) in [5, 5.41) is 3.17. The normalized spacial score (nSPS) is 10.2. The molecule has 132 valence electrons. The van der Waals surface area contributed by atoms with Crippen molar-refractivity contribution in [3.05, 3.63) is 78.1 Å². The lowest BCUT2D eigenvalue weighted by molar-refractivity contribution is -0.119. The summed E-state index contributed by atoms with van der Waals surface area (Å²) in [5.74, 6) is 0.661. The van der Waals surface area contributed by atoms with E-state index >= 15 is 0 Å². The number of aromatic nitrogens is 2. The third-order valence-electron chi connectivity index (χ3n) is 3.71. The van der Waals surface area contributed by atoms with Gasteiger partial charge in [-0.25, -0.2) is 9.97 Å². The first kappa shape index (κ1) is 17.2. The molecule has 2 aromatic carbocycles. The molecule has 7 nitrogen and oxygen atoms in total. The quantitative estimate of drug-likeness (QED) is 0.489. The van der Waals surface area contributed by atoms with Crippen LogP contribution in [0.2, 0.25) is 0 Å². The summed E-state index contributed by atoms with van der Waals surface area (Å²) in [4.78, 5) is 20.2. The molecule has 1 amide bonds. The van der Waals surface area contributed by atoms with Crippen molar-refractivity contribution in [2.45, 2.75) is 13.0 Å². The first-order valence-electron chi connectivity index (χ1n) is 8.19. The number of hydrogen-bond acceptors (Lipinski definition) is 6. The molecule has 0 aliphatic heterocycles. The highest BCUT2D eigenvalue weighted by molar-refractivity contribution is 5.81. The molecule has 0 saturated carbocycles. The molecule has 0 aliphatic rings. The van der Waals surface area contributed by atoms with Gasteiger partial charge in [0, 0.05) is 6.54 Å². The molecule has 3 aromatic rings. The molecular formula is C19H20N6O. The number of hydrogen-bond donors (Lipinski definition) is 4. The molecule has 0 atom stereocenters. The summed E-state index contributed by atoms with van der Waals surface area (Å²) in [6, 6.07) is 19.4. The SMILES string of the molecule is Nc1c(NCc2ccccc2)ncnc1NNC(=O)Cc1ccccc1. The third-order valence-corrected chi connectivity index (χ3v) is 3.71. The van der Waals surface area contributed by atoms with Crippen molar-refractivity contribution in [3.63, 3.8) is 0 Å². The molecule has 1 aromatic heterocycles. The smallest absolute Gasteiger partial charge is 0.242 e. The zero-order chi connectivity index (χ0) is 18.2. The average molecular weight is 348 g/mol. The van der Waals surface area contributed by atoms with Crippen LogP contribution in [0, 0.1) is 0 Å². The molecule has 7 heteroatoms. The molecule has 0 spiro atoms. The molecule has 3 rings (SSSR count). The van der Waals surface area contributed by atoms with Crippen molar-refractivity contribution < 1.29 is 4.79 Å². The summed E-state index contributed by atoms with van der Waals surface area (Å²) in [7, 11) is 0. The lowest BCUT2D eigenvalue weighted by Crippen LogP contribution is -2.31. The number of nitrogens with two attached hydrogens (primary N) is 1. The van der Waals surface area contributed by atoms with Crippen molar-refractivity contribution in [2.75, 3.05) is 16.5 Å². The summed E-state index contributed by atoms with van der Waals surface area (Å²) in [5.41, 5.74) is 13.8. The Kier molecular flexibility index (Phi) is 5.61. The first-order chi connectivity index (χ1) is 12.7. The molecule has 0 saturated heterocycles. The van der Waals surface area contributed by atoms with Gasteiger partial charge in [-0.1, -0.05) is 60.7 Å². The predicted octanol–water partition coefficient (Wildman–Crippen LogP) is 2.36. The molecule has 0 aliphatic carbocycles. The average Bonchev–Trinajstić information content (AvgIpc) is 2.68. The van der Waals surface area contributed by atoms with E-state index < -0.39 is 0 Å². The number of carbonyl (C=O) groups excluding carboxylic acids is 1. The van der Waals surface area contributed by atoms with Gasteiger partial charge in [0.2, 0.25) is 5.91 Å². The monoisotopic (exact) mass is 348 g/mol. The molecular weight excluding hydrogens is 328 g/mol. The number of benzene rings is 2. The number of carbonyl (C=O) groups is 1. The number of nitrogen functional groups attached to an aromatic ring is 1. The number of anilines is 3. The Morgan fingerprint density at radius 1 is 0.885 bits per heavy atom. The highest BCUT2D eigenvalue weighted by atomic mass is 16.2. The minimum Gasteiger partial charge on any atom is -0.393 e. The van der Waals surface area contributed by atoms with E-state index in [9.17, 15) is 4.79 Å². The van der Waals surface area contributed by atoms with Gasteiger partial charge >= 0.3 is 0 Å². The van der Waals surface area contributed by atoms with Gasteiger partial charge in [-0.3, -0.25) is 15.6 Å². The van der Waals surface area contributed by atoms with Crippen molar-refractivity contribution >= 4 is 23.2 Å². The summed E-state index contributed by atoms with van der Waals surface area (Å²) < 4.78 is 0. The van der Waals surface area contributed by atoms with E-state index in [2.05, 4.69) is 26.1 Å². The van der Waals surface area contributed by atoms with Crippen molar-refractivity contribution in [1.82, 2.24) is 15.4 Å². The number of hydrazine groups is 1. The van der Waals surface area contributed by atoms with Gasteiger partial charge in [0.15, 0.2) is 11.6 Å². The van der Waals surface area contributed by atoms with Crippen LogP contribution in [0.3, 0.4) is 0 Å². The first-order valence-corrected chi connectivity index (χ1v) is 8.19. The second-order valence-electron chi connectivity index (χ2n) is 5.66. The maximum Gasteiger partial charge on any atom is 0.242 e.